The van der Waals surface area contributed by atoms with Crippen molar-refractivity contribution in [1.29, 1.82) is 0 Å². The highest BCUT2D eigenvalue weighted by Gasteiger charge is 2.33. The van der Waals surface area contributed by atoms with E-state index >= 15 is 0 Å². The highest BCUT2D eigenvalue weighted by atomic mass is 35.5. The molecule has 1 aliphatic carbocycles. The number of carbonyl (C=O) groups excluding carboxylic acids is 1. The third-order valence-corrected chi connectivity index (χ3v) is 5.75. The van der Waals surface area contributed by atoms with Crippen molar-refractivity contribution in [2.45, 2.75) is 40.5 Å². The van der Waals surface area contributed by atoms with Gasteiger partial charge in [0.05, 0.1) is 11.3 Å². The van der Waals surface area contributed by atoms with Crippen molar-refractivity contribution >= 4 is 23.3 Å². The van der Waals surface area contributed by atoms with Crippen molar-refractivity contribution in [3.05, 3.63) is 87.7 Å². The quantitative estimate of drug-likeness (QED) is 0.369. The van der Waals surface area contributed by atoms with Gasteiger partial charge in [-0.05, 0) is 74.6 Å². The molecule has 1 aliphatic rings. The minimum atomic E-state index is -0.487. The number of halogens is 1. The second-order valence-corrected chi connectivity index (χ2v) is 9.19. The van der Waals surface area contributed by atoms with Crippen LogP contribution in [0.4, 0.5) is 0 Å². The number of aromatic nitrogens is 1. The van der Waals surface area contributed by atoms with Crippen LogP contribution in [-0.4, -0.2) is 16.2 Å². The molecule has 0 saturated carbocycles. The Kier molecular flexibility index (Phi) is 5.29. The Bertz CT molecular complexity index is 1120. The number of fused-ring (bicyclic) bond motifs is 1. The summed E-state index contributed by atoms with van der Waals surface area (Å²) >= 11 is 5.90. The number of aryl methyl sites for hydroxylation is 2. The molecule has 3 aromatic rings. The van der Waals surface area contributed by atoms with E-state index in [1.54, 1.807) is 24.3 Å². The molecule has 0 radical (unpaired) electrons. The van der Waals surface area contributed by atoms with E-state index in [0.717, 1.165) is 35.5 Å². The predicted molar refractivity (Wildman–Crippen MR) is 121 cm³/mol. The summed E-state index contributed by atoms with van der Waals surface area (Å²) in [6, 6.07) is 17.3. The maximum absolute atomic E-state index is 12.4. The number of benzene rings is 2. The van der Waals surface area contributed by atoms with Crippen molar-refractivity contribution in [3.8, 4) is 5.69 Å². The van der Waals surface area contributed by atoms with Crippen LogP contribution in [0.5, 0.6) is 0 Å². The first kappa shape index (κ1) is 20.4. The Labute approximate surface area is 182 Å². The minimum Gasteiger partial charge on any atom is -0.318 e. The average molecular weight is 421 g/mol. The van der Waals surface area contributed by atoms with Gasteiger partial charge in [-0.1, -0.05) is 48.3 Å². The molecule has 0 bridgehead atoms. The minimum absolute atomic E-state index is 0.00571. The number of hydrogen-bond donors (Lipinski definition) is 0. The van der Waals surface area contributed by atoms with Gasteiger partial charge in [-0.15, -0.1) is 0 Å². The van der Waals surface area contributed by atoms with Gasteiger partial charge in [-0.25, -0.2) is 4.79 Å². The fraction of sp³-hybridized carbons (Fsp3) is 0.280. The van der Waals surface area contributed by atoms with Crippen LogP contribution in [-0.2, 0) is 11.3 Å². The molecule has 154 valence electrons. The van der Waals surface area contributed by atoms with E-state index in [2.05, 4.69) is 67.7 Å². The molecule has 0 N–H and O–H groups in total. The molecule has 0 unspecified atom stereocenters. The van der Waals surface area contributed by atoms with Gasteiger partial charge in [0.25, 0.3) is 0 Å². The molecule has 2 aromatic carbocycles. The highest BCUT2D eigenvalue weighted by Crippen LogP contribution is 2.38. The summed E-state index contributed by atoms with van der Waals surface area (Å²) in [6.07, 6.45) is 1.67. The highest BCUT2D eigenvalue weighted by molar-refractivity contribution is 6.30. The Hall–Kier alpha value is -2.85. The molecule has 0 saturated heterocycles. The first-order valence-corrected chi connectivity index (χ1v) is 10.4. The van der Waals surface area contributed by atoms with Gasteiger partial charge >= 0.3 is 5.97 Å². The Morgan fingerprint density at radius 2 is 1.70 bits per heavy atom. The lowest BCUT2D eigenvalue weighted by Gasteiger charge is -2.31. The zero-order valence-corrected chi connectivity index (χ0v) is 18.5. The standard InChI is InChI=1S/C25H25ClN2O2/c1-16-5-11-20(12-6-16)28-17(2)13-21-22(14-25(3,4)15-23(21)28)27-30-24(29)18-7-9-19(26)10-8-18/h5-13H,14-15H2,1-4H3/b27-22+. The zero-order chi connectivity index (χ0) is 21.5. The molecule has 1 heterocycles. The van der Waals surface area contributed by atoms with Gasteiger partial charge in [0.1, 0.15) is 0 Å². The largest absolute Gasteiger partial charge is 0.365 e. The van der Waals surface area contributed by atoms with Gasteiger partial charge in [-0.3, -0.25) is 0 Å². The second-order valence-electron chi connectivity index (χ2n) is 8.76. The van der Waals surface area contributed by atoms with Crippen LogP contribution in [0.3, 0.4) is 0 Å². The molecular formula is C25H25ClN2O2. The third-order valence-electron chi connectivity index (χ3n) is 5.50. The summed E-state index contributed by atoms with van der Waals surface area (Å²) in [5.74, 6) is -0.487. The summed E-state index contributed by atoms with van der Waals surface area (Å²) in [4.78, 5) is 17.7. The molecule has 5 heteroatoms. The van der Waals surface area contributed by atoms with Crippen LogP contribution in [0.1, 0.15) is 53.1 Å². The summed E-state index contributed by atoms with van der Waals surface area (Å²) in [5.41, 5.74) is 6.99. The van der Waals surface area contributed by atoms with Gasteiger partial charge in [-0.2, -0.15) is 0 Å². The van der Waals surface area contributed by atoms with Crippen molar-refractivity contribution < 1.29 is 9.63 Å². The first-order valence-electron chi connectivity index (χ1n) is 10.1. The smallest absolute Gasteiger partial charge is 0.318 e. The van der Waals surface area contributed by atoms with Gasteiger partial charge in [0, 0.05) is 27.7 Å². The van der Waals surface area contributed by atoms with Crippen LogP contribution in [0, 0.1) is 19.3 Å². The van der Waals surface area contributed by atoms with Crippen LogP contribution >= 0.6 is 11.6 Å². The van der Waals surface area contributed by atoms with E-state index in [0.29, 0.717) is 10.6 Å². The molecule has 1 aromatic heterocycles. The molecule has 0 amide bonds. The fourth-order valence-electron chi connectivity index (χ4n) is 4.05. The van der Waals surface area contributed by atoms with Crippen LogP contribution in [0.2, 0.25) is 5.02 Å². The Morgan fingerprint density at radius 3 is 2.37 bits per heavy atom. The molecule has 4 rings (SSSR count). The van der Waals surface area contributed by atoms with E-state index in [-0.39, 0.29) is 5.41 Å². The first-order chi connectivity index (χ1) is 14.2. The second kappa shape index (κ2) is 7.77. The SMILES string of the molecule is Cc1ccc(-n2c(C)cc3c2CC(C)(C)C/C3=N\OC(=O)c2ccc(Cl)cc2)cc1. The lowest BCUT2D eigenvalue weighted by molar-refractivity contribution is 0.0514. The lowest BCUT2D eigenvalue weighted by Crippen LogP contribution is -2.28. The number of carbonyl (C=O) groups is 1. The maximum Gasteiger partial charge on any atom is 0.365 e. The van der Waals surface area contributed by atoms with Crippen molar-refractivity contribution in [1.82, 2.24) is 4.57 Å². The molecule has 0 atom stereocenters. The van der Waals surface area contributed by atoms with Crippen molar-refractivity contribution in [2.24, 2.45) is 10.6 Å². The van der Waals surface area contributed by atoms with Crippen molar-refractivity contribution in [2.75, 3.05) is 0 Å². The van der Waals surface area contributed by atoms with E-state index in [4.69, 9.17) is 16.4 Å². The Morgan fingerprint density at radius 1 is 1.03 bits per heavy atom. The third kappa shape index (κ3) is 4.05. The number of hydrogen-bond acceptors (Lipinski definition) is 3. The molecule has 4 nitrogen and oxygen atoms in total. The van der Waals surface area contributed by atoms with Crippen LogP contribution in [0.25, 0.3) is 5.69 Å². The number of oxime groups is 1. The summed E-state index contributed by atoms with van der Waals surface area (Å²) in [5, 5.41) is 4.88. The molecular weight excluding hydrogens is 396 g/mol. The van der Waals surface area contributed by atoms with Crippen molar-refractivity contribution in [3.63, 3.8) is 0 Å². The van der Waals surface area contributed by atoms with Gasteiger partial charge in [0.2, 0.25) is 0 Å². The number of rotatable bonds is 3. The van der Waals surface area contributed by atoms with E-state index in [9.17, 15) is 4.79 Å². The normalized spacial score (nSPS) is 16.4. The Balaban J connectivity index is 1.70. The fourth-order valence-corrected chi connectivity index (χ4v) is 4.17. The monoisotopic (exact) mass is 420 g/mol. The van der Waals surface area contributed by atoms with Gasteiger partial charge < -0.3 is 9.40 Å². The summed E-state index contributed by atoms with van der Waals surface area (Å²) in [6.45, 7) is 8.62. The maximum atomic E-state index is 12.4. The topological polar surface area (TPSA) is 43.6 Å². The summed E-state index contributed by atoms with van der Waals surface area (Å²) in [7, 11) is 0. The molecule has 0 fully saturated rings. The van der Waals surface area contributed by atoms with E-state index in [1.165, 1.54) is 11.3 Å². The number of nitrogens with zero attached hydrogens (tertiary/aromatic N) is 2. The van der Waals surface area contributed by atoms with Gasteiger partial charge in [0.15, 0.2) is 0 Å². The lowest BCUT2D eigenvalue weighted by atomic mass is 9.76. The molecule has 0 spiro atoms. The van der Waals surface area contributed by atoms with Crippen LogP contribution < -0.4 is 0 Å². The molecule has 0 aliphatic heterocycles. The predicted octanol–water partition coefficient (Wildman–Crippen LogP) is 6.28. The van der Waals surface area contributed by atoms with Crippen LogP contribution in [0.15, 0.2) is 59.8 Å². The summed E-state index contributed by atoms with van der Waals surface area (Å²) < 4.78 is 2.28. The molecule has 30 heavy (non-hydrogen) atoms. The zero-order valence-electron chi connectivity index (χ0n) is 17.7. The average Bonchev–Trinajstić information content (AvgIpc) is 3.02. The van der Waals surface area contributed by atoms with E-state index < -0.39 is 5.97 Å². The van der Waals surface area contributed by atoms with E-state index in [1.807, 2.05) is 0 Å².